The summed E-state index contributed by atoms with van der Waals surface area (Å²) in [4.78, 5) is 14.2. The molecule has 1 aliphatic heterocycles. The van der Waals surface area contributed by atoms with Crippen molar-refractivity contribution >= 4 is 14.4 Å². The first-order valence-corrected chi connectivity index (χ1v) is 11.6. The van der Waals surface area contributed by atoms with Crippen LogP contribution in [0.1, 0.15) is 48.0 Å². The molecule has 5 nitrogen and oxygen atoms in total. The van der Waals surface area contributed by atoms with Crippen LogP contribution in [0.5, 0.6) is 0 Å². The van der Waals surface area contributed by atoms with Crippen LogP contribution in [-0.2, 0) is 9.16 Å². The first-order chi connectivity index (χ1) is 10.8. The van der Waals surface area contributed by atoms with Crippen molar-refractivity contribution in [1.82, 2.24) is 4.90 Å². The maximum atomic E-state index is 12.5. The molecule has 0 aliphatic carbocycles. The average molecular weight is 358 g/mol. The molecule has 0 bridgehead atoms. The first-order valence-electron chi connectivity index (χ1n) is 8.73. The molecule has 1 fully saturated rings. The number of carbonyl (C=O) groups excluding carboxylic acids is 1. The number of carbonyl (C=O) groups is 1. The highest BCUT2D eigenvalue weighted by atomic mass is 28.4. The molecule has 24 heavy (non-hydrogen) atoms. The highest BCUT2D eigenvalue weighted by Gasteiger charge is 2.45. The van der Waals surface area contributed by atoms with Crippen molar-refractivity contribution in [3.05, 3.63) is 12.2 Å². The van der Waals surface area contributed by atoms with E-state index in [2.05, 4.69) is 33.9 Å². The molecule has 1 saturated heterocycles. The minimum atomic E-state index is -1.94. The molecule has 1 amide bonds. The fourth-order valence-electron chi connectivity index (χ4n) is 2.43. The minimum Gasteiger partial charge on any atom is -0.444 e. The number of ether oxygens (including phenoxy) is 1. The molecule has 2 unspecified atom stereocenters. The number of hydrogen-bond donors (Lipinski definition) is 1. The fourth-order valence-corrected chi connectivity index (χ4v) is 3.80. The molecule has 0 spiro atoms. The van der Waals surface area contributed by atoms with E-state index in [1.54, 1.807) is 11.0 Å². The second-order valence-electron chi connectivity index (χ2n) is 8.98. The molecule has 1 N–H and O–H groups in total. The van der Waals surface area contributed by atoms with E-state index in [4.69, 9.17) is 14.3 Å². The number of likely N-dealkylation sites (tertiary alicyclic amines) is 1. The summed E-state index contributed by atoms with van der Waals surface area (Å²) in [5.74, 6) is 0. The zero-order valence-corrected chi connectivity index (χ0v) is 17.5. The lowest BCUT2D eigenvalue weighted by atomic mass is 10.1. The summed E-state index contributed by atoms with van der Waals surface area (Å²) in [5, 5.41) is 9.24. The van der Waals surface area contributed by atoms with Crippen LogP contribution in [0.3, 0.4) is 0 Å². The Labute approximate surface area is 148 Å². The van der Waals surface area contributed by atoms with Gasteiger partial charge in [-0.25, -0.2) is 4.79 Å². The van der Waals surface area contributed by atoms with Crippen LogP contribution in [0.2, 0.25) is 18.1 Å². The second kappa shape index (κ2) is 7.58. The molecular formula is C18H35NO4Si. The monoisotopic (exact) mass is 357 g/mol. The quantitative estimate of drug-likeness (QED) is 0.612. The van der Waals surface area contributed by atoms with Crippen molar-refractivity contribution in [3.8, 4) is 0 Å². The third-order valence-corrected chi connectivity index (χ3v) is 9.22. The maximum Gasteiger partial charge on any atom is 0.410 e. The minimum absolute atomic E-state index is 0.0501. The number of hydrogen-bond acceptors (Lipinski definition) is 4. The van der Waals surface area contributed by atoms with Crippen LogP contribution in [0, 0.1) is 0 Å². The van der Waals surface area contributed by atoms with E-state index in [0.29, 0.717) is 6.54 Å². The van der Waals surface area contributed by atoms with E-state index in [1.165, 1.54) is 0 Å². The van der Waals surface area contributed by atoms with Gasteiger partial charge in [-0.2, -0.15) is 0 Å². The molecule has 0 radical (unpaired) electrons. The number of rotatable bonds is 4. The van der Waals surface area contributed by atoms with E-state index in [9.17, 15) is 4.79 Å². The van der Waals surface area contributed by atoms with Crippen molar-refractivity contribution in [1.29, 1.82) is 0 Å². The Bertz CT molecular complexity index is 463. The molecule has 0 aromatic heterocycles. The summed E-state index contributed by atoms with van der Waals surface area (Å²) < 4.78 is 12.1. The first kappa shape index (κ1) is 21.2. The van der Waals surface area contributed by atoms with Gasteiger partial charge in [0, 0.05) is 6.54 Å². The Morgan fingerprint density at radius 1 is 1.25 bits per heavy atom. The highest BCUT2D eigenvalue weighted by molar-refractivity contribution is 6.74. The summed E-state index contributed by atoms with van der Waals surface area (Å²) in [6, 6.07) is -0.193. The smallest absolute Gasteiger partial charge is 0.410 e. The fraction of sp³-hybridized carbons (Fsp3) is 0.833. The van der Waals surface area contributed by atoms with Gasteiger partial charge in [0.1, 0.15) is 5.60 Å². The molecule has 140 valence electrons. The highest BCUT2D eigenvalue weighted by Crippen LogP contribution is 2.39. The van der Waals surface area contributed by atoms with Gasteiger partial charge in [-0.15, -0.1) is 0 Å². The Kier molecular flexibility index (Phi) is 6.69. The molecule has 0 saturated carbocycles. The molecule has 6 heteroatoms. The third-order valence-electron chi connectivity index (χ3n) is 4.71. The predicted molar refractivity (Wildman–Crippen MR) is 99.6 cm³/mol. The predicted octanol–water partition coefficient (Wildman–Crippen LogP) is 3.93. The zero-order valence-electron chi connectivity index (χ0n) is 16.5. The van der Waals surface area contributed by atoms with Crippen LogP contribution in [-0.4, -0.2) is 55.3 Å². The summed E-state index contributed by atoms with van der Waals surface area (Å²) in [7, 11) is -1.94. The van der Waals surface area contributed by atoms with Crippen molar-refractivity contribution < 1.29 is 19.1 Å². The molecule has 1 aliphatic rings. The van der Waals surface area contributed by atoms with Crippen molar-refractivity contribution in [2.45, 2.75) is 83.8 Å². The molecule has 1 heterocycles. The van der Waals surface area contributed by atoms with Gasteiger partial charge in [-0.05, 0) is 45.3 Å². The van der Waals surface area contributed by atoms with Crippen molar-refractivity contribution in [2.75, 3.05) is 13.2 Å². The Morgan fingerprint density at radius 3 is 2.29 bits per heavy atom. The van der Waals surface area contributed by atoms with Crippen LogP contribution < -0.4 is 0 Å². The molecule has 2 atom stereocenters. The van der Waals surface area contributed by atoms with Gasteiger partial charge in [0.15, 0.2) is 8.32 Å². The average Bonchev–Trinajstić information content (AvgIpc) is 2.75. The van der Waals surface area contributed by atoms with Gasteiger partial charge in [-0.1, -0.05) is 32.9 Å². The van der Waals surface area contributed by atoms with E-state index in [0.717, 1.165) is 6.42 Å². The van der Waals surface area contributed by atoms with E-state index in [1.807, 2.05) is 26.8 Å². The topological polar surface area (TPSA) is 59.0 Å². The van der Waals surface area contributed by atoms with Gasteiger partial charge >= 0.3 is 6.09 Å². The SMILES string of the molecule is CC(C)(C)OC(=O)N1CCC(O[Si](C)(C)C(C)(C)C)C1C=CCO. The van der Waals surface area contributed by atoms with Gasteiger partial charge in [0.2, 0.25) is 0 Å². The maximum absolute atomic E-state index is 12.5. The van der Waals surface area contributed by atoms with Crippen LogP contribution >= 0.6 is 0 Å². The second-order valence-corrected chi connectivity index (χ2v) is 13.7. The lowest BCUT2D eigenvalue weighted by Gasteiger charge is -2.40. The van der Waals surface area contributed by atoms with E-state index < -0.39 is 13.9 Å². The number of amides is 1. The standard InChI is InChI=1S/C18H35NO4Si/c1-17(2,3)22-16(21)19-12-11-15(14(19)10-9-13-20)23-24(7,8)18(4,5)6/h9-10,14-15,20H,11-13H2,1-8H3. The summed E-state index contributed by atoms with van der Waals surface area (Å²) >= 11 is 0. The van der Waals surface area contributed by atoms with Crippen molar-refractivity contribution in [2.24, 2.45) is 0 Å². The zero-order chi connectivity index (χ0) is 18.8. The lowest BCUT2D eigenvalue weighted by molar-refractivity contribution is 0.0212. The molecule has 0 aromatic carbocycles. The number of nitrogens with zero attached hydrogens (tertiary/aromatic N) is 1. The van der Waals surface area contributed by atoms with Crippen LogP contribution in [0.15, 0.2) is 12.2 Å². The van der Waals surface area contributed by atoms with Crippen molar-refractivity contribution in [3.63, 3.8) is 0 Å². The van der Waals surface area contributed by atoms with E-state index >= 15 is 0 Å². The third kappa shape index (κ3) is 5.60. The van der Waals surface area contributed by atoms with Gasteiger partial charge < -0.3 is 14.3 Å². The van der Waals surface area contributed by atoms with Crippen LogP contribution in [0.25, 0.3) is 0 Å². The summed E-state index contributed by atoms with van der Waals surface area (Å²) in [6.07, 6.45) is 3.95. The molecule has 1 rings (SSSR count). The molecular weight excluding hydrogens is 322 g/mol. The van der Waals surface area contributed by atoms with Gasteiger partial charge in [-0.3, -0.25) is 4.90 Å². The van der Waals surface area contributed by atoms with Crippen LogP contribution in [0.4, 0.5) is 4.79 Å². The largest absolute Gasteiger partial charge is 0.444 e. The Balaban J connectivity index is 2.95. The number of aliphatic hydroxyl groups excluding tert-OH is 1. The van der Waals surface area contributed by atoms with Gasteiger partial charge in [0.25, 0.3) is 0 Å². The Morgan fingerprint density at radius 2 is 1.83 bits per heavy atom. The Hall–Kier alpha value is -0.853. The normalized spacial score (nSPS) is 23.1. The molecule has 0 aromatic rings. The summed E-state index contributed by atoms with van der Waals surface area (Å²) in [6.45, 7) is 17.2. The lowest BCUT2D eigenvalue weighted by Crippen LogP contribution is -2.48. The summed E-state index contributed by atoms with van der Waals surface area (Å²) in [5.41, 5.74) is -0.527. The van der Waals surface area contributed by atoms with Gasteiger partial charge in [0.05, 0.1) is 18.8 Å². The van der Waals surface area contributed by atoms with E-state index in [-0.39, 0.29) is 29.9 Å². The number of aliphatic hydroxyl groups is 1.